The van der Waals surface area contributed by atoms with Crippen molar-refractivity contribution in [3.8, 4) is 0 Å². The van der Waals surface area contributed by atoms with Gasteiger partial charge in [0.1, 0.15) is 0 Å². The second kappa shape index (κ2) is 10.5. The predicted octanol–water partition coefficient (Wildman–Crippen LogP) is 3.16. The third-order valence-electron chi connectivity index (χ3n) is 8.60. The number of rotatable bonds is 7. The second-order valence-electron chi connectivity index (χ2n) is 10.9. The number of morpholine rings is 1. The van der Waals surface area contributed by atoms with Crippen molar-refractivity contribution in [3.05, 3.63) is 18.3 Å². The summed E-state index contributed by atoms with van der Waals surface area (Å²) in [5.41, 5.74) is 0.686. The maximum absolute atomic E-state index is 12.7. The van der Waals surface area contributed by atoms with E-state index in [0.29, 0.717) is 29.6 Å². The molecule has 4 fully saturated rings. The number of hydrogen-bond acceptors (Lipinski definition) is 10. The Kier molecular flexibility index (Phi) is 7.03. The summed E-state index contributed by atoms with van der Waals surface area (Å²) in [5, 5.41) is 24.2. The lowest BCUT2D eigenvalue weighted by molar-refractivity contribution is -0.122. The van der Waals surface area contributed by atoms with Crippen LogP contribution in [0.2, 0.25) is 0 Å². The van der Waals surface area contributed by atoms with Gasteiger partial charge < -0.3 is 20.3 Å². The lowest BCUT2D eigenvalue weighted by Gasteiger charge is -2.50. The molecule has 0 aromatic carbocycles. The molecule has 10 nitrogen and oxygen atoms in total. The minimum atomic E-state index is -0.0607. The smallest absolute Gasteiger partial charge is 0.228 e. The molecule has 4 heterocycles. The molecule has 6 rings (SSSR count). The molecule has 11 heteroatoms. The molecule has 2 saturated carbocycles. The zero-order chi connectivity index (χ0) is 24.4. The van der Waals surface area contributed by atoms with E-state index in [1.807, 2.05) is 12.1 Å². The van der Waals surface area contributed by atoms with Gasteiger partial charge in [-0.2, -0.15) is 5.10 Å². The lowest BCUT2D eigenvalue weighted by Crippen LogP contribution is -2.51. The summed E-state index contributed by atoms with van der Waals surface area (Å²) in [4.78, 5) is 17.5. The van der Waals surface area contributed by atoms with Crippen LogP contribution in [0.25, 0.3) is 0 Å². The predicted molar refractivity (Wildman–Crippen MR) is 139 cm³/mol. The molecule has 1 spiro atoms. The van der Waals surface area contributed by atoms with Crippen LogP contribution in [0.5, 0.6) is 0 Å². The fourth-order valence-corrected chi connectivity index (χ4v) is 7.12. The van der Waals surface area contributed by atoms with Crippen molar-refractivity contribution in [2.24, 2.45) is 5.41 Å². The maximum atomic E-state index is 12.7. The molecular weight excluding hydrogens is 476 g/mol. The Hall–Kier alpha value is -2.37. The summed E-state index contributed by atoms with van der Waals surface area (Å²) < 4.78 is 5.96. The van der Waals surface area contributed by atoms with E-state index in [2.05, 4.69) is 40.8 Å². The zero-order valence-electron chi connectivity index (χ0n) is 20.8. The monoisotopic (exact) mass is 512 g/mol. The molecule has 2 aliphatic heterocycles. The Bertz CT molecular complexity index is 1020. The number of anilines is 3. The maximum Gasteiger partial charge on any atom is 0.228 e. The molecule has 194 valence electrons. The van der Waals surface area contributed by atoms with Gasteiger partial charge in [-0.05, 0) is 62.5 Å². The molecule has 36 heavy (non-hydrogen) atoms. The highest BCUT2D eigenvalue weighted by Gasteiger charge is 2.41. The standard InChI is InChI=1S/C25H36N8O2S/c34-22(15-20-17-32(13-14-35-20)19-4-9-25(10-5-19)7-2-8-25)28-24-31-30-23(36-24)27-18-6-12-33(16-18)21-3-1-11-26-29-21/h1,3,11,18-20H,2,4-10,12-17H2,(H,27,30)(H,28,31,34)/t18-,20+/m1/s1. The summed E-state index contributed by atoms with van der Waals surface area (Å²) in [5.74, 6) is 0.831. The van der Waals surface area contributed by atoms with E-state index in [-0.39, 0.29) is 18.1 Å². The molecule has 4 aliphatic rings. The van der Waals surface area contributed by atoms with Crippen molar-refractivity contribution in [1.82, 2.24) is 25.3 Å². The number of carbonyl (C=O) groups is 1. The van der Waals surface area contributed by atoms with Crippen LogP contribution in [-0.4, -0.2) is 82.2 Å². The Morgan fingerprint density at radius 3 is 2.72 bits per heavy atom. The zero-order valence-corrected chi connectivity index (χ0v) is 21.6. The van der Waals surface area contributed by atoms with Crippen LogP contribution in [0.15, 0.2) is 18.3 Å². The van der Waals surface area contributed by atoms with Gasteiger partial charge in [-0.25, -0.2) is 0 Å². The summed E-state index contributed by atoms with van der Waals surface area (Å²) >= 11 is 1.37. The number of nitrogens with one attached hydrogen (secondary N) is 2. The van der Waals surface area contributed by atoms with Gasteiger partial charge in [0.25, 0.3) is 0 Å². The normalized spacial score (nSPS) is 26.6. The van der Waals surface area contributed by atoms with Crippen molar-refractivity contribution in [2.45, 2.75) is 76.0 Å². The molecule has 2 N–H and O–H groups in total. The van der Waals surface area contributed by atoms with Gasteiger partial charge >= 0.3 is 0 Å². The topological polar surface area (TPSA) is 108 Å². The van der Waals surface area contributed by atoms with Crippen LogP contribution in [0, 0.1) is 5.41 Å². The SMILES string of the molecule is O=C(C[C@H]1CN(C2CCC3(CCC3)CC2)CCO1)Nc1nnc(N[C@@H]2CCN(c3cccnn3)C2)s1. The minimum Gasteiger partial charge on any atom is -0.375 e. The number of ether oxygens (including phenoxy) is 1. The Morgan fingerprint density at radius 1 is 1.08 bits per heavy atom. The number of hydrogen-bond donors (Lipinski definition) is 2. The molecule has 0 unspecified atom stereocenters. The van der Waals surface area contributed by atoms with Crippen LogP contribution in [0.1, 0.15) is 57.8 Å². The minimum absolute atomic E-state index is 0.0590. The van der Waals surface area contributed by atoms with Crippen molar-refractivity contribution in [3.63, 3.8) is 0 Å². The highest BCUT2D eigenvalue weighted by atomic mass is 32.1. The van der Waals surface area contributed by atoms with Crippen LogP contribution in [-0.2, 0) is 9.53 Å². The Balaban J connectivity index is 0.946. The molecule has 2 saturated heterocycles. The Morgan fingerprint density at radius 2 is 1.94 bits per heavy atom. The average molecular weight is 513 g/mol. The summed E-state index contributed by atoms with van der Waals surface area (Å²) in [7, 11) is 0. The van der Waals surface area contributed by atoms with Crippen molar-refractivity contribution in [2.75, 3.05) is 48.3 Å². The van der Waals surface area contributed by atoms with Gasteiger partial charge in [0, 0.05) is 44.5 Å². The van der Waals surface area contributed by atoms with E-state index in [1.165, 1.54) is 56.3 Å². The first kappa shape index (κ1) is 24.0. The van der Waals surface area contributed by atoms with Gasteiger partial charge in [-0.1, -0.05) is 17.8 Å². The molecule has 2 aromatic rings. The fraction of sp³-hybridized carbons (Fsp3) is 0.720. The van der Waals surface area contributed by atoms with Crippen molar-refractivity contribution in [1.29, 1.82) is 0 Å². The first-order chi connectivity index (χ1) is 17.6. The largest absolute Gasteiger partial charge is 0.375 e. The first-order valence-electron chi connectivity index (χ1n) is 13.4. The van der Waals surface area contributed by atoms with Crippen molar-refractivity contribution < 1.29 is 9.53 Å². The first-order valence-corrected chi connectivity index (χ1v) is 14.2. The fourth-order valence-electron chi connectivity index (χ4n) is 6.39. The van der Waals surface area contributed by atoms with Crippen LogP contribution >= 0.6 is 11.3 Å². The van der Waals surface area contributed by atoms with E-state index in [1.54, 1.807) is 6.20 Å². The average Bonchev–Trinajstić information content (AvgIpc) is 3.53. The van der Waals surface area contributed by atoms with Gasteiger partial charge in [-0.15, -0.1) is 15.3 Å². The molecule has 0 radical (unpaired) electrons. The van der Waals surface area contributed by atoms with Crippen LogP contribution < -0.4 is 15.5 Å². The van der Waals surface area contributed by atoms with Gasteiger partial charge in [0.2, 0.25) is 16.2 Å². The highest BCUT2D eigenvalue weighted by molar-refractivity contribution is 7.19. The van der Waals surface area contributed by atoms with Gasteiger partial charge in [0.15, 0.2) is 5.82 Å². The lowest BCUT2D eigenvalue weighted by atomic mass is 9.60. The summed E-state index contributed by atoms with van der Waals surface area (Å²) in [6, 6.07) is 4.79. The van der Waals surface area contributed by atoms with E-state index in [9.17, 15) is 4.79 Å². The van der Waals surface area contributed by atoms with Gasteiger partial charge in [-0.3, -0.25) is 9.69 Å². The van der Waals surface area contributed by atoms with Crippen LogP contribution in [0.4, 0.5) is 16.1 Å². The summed E-state index contributed by atoms with van der Waals surface area (Å²) in [6.45, 7) is 4.28. The molecule has 2 aliphatic carbocycles. The Labute approximate surface area is 216 Å². The summed E-state index contributed by atoms with van der Waals surface area (Å²) in [6.07, 6.45) is 12.6. The highest BCUT2D eigenvalue weighted by Crippen LogP contribution is 2.52. The van der Waals surface area contributed by atoms with E-state index < -0.39 is 0 Å². The van der Waals surface area contributed by atoms with E-state index in [0.717, 1.165) is 43.5 Å². The second-order valence-corrected chi connectivity index (χ2v) is 11.9. The van der Waals surface area contributed by atoms with Crippen LogP contribution in [0.3, 0.4) is 0 Å². The van der Waals surface area contributed by atoms with Gasteiger partial charge in [0.05, 0.1) is 19.1 Å². The number of aromatic nitrogens is 4. The third kappa shape index (κ3) is 5.47. The molecule has 1 amide bonds. The third-order valence-corrected chi connectivity index (χ3v) is 9.37. The number of amides is 1. The molecule has 0 bridgehead atoms. The van der Waals surface area contributed by atoms with E-state index in [4.69, 9.17) is 4.74 Å². The van der Waals surface area contributed by atoms with Crippen molar-refractivity contribution >= 4 is 33.3 Å². The van der Waals surface area contributed by atoms with E-state index >= 15 is 0 Å². The number of nitrogens with zero attached hydrogens (tertiary/aromatic N) is 6. The molecule has 2 aromatic heterocycles. The molecule has 2 atom stereocenters. The number of carbonyl (C=O) groups excluding carboxylic acids is 1. The molecular formula is C25H36N8O2S. The quantitative estimate of drug-likeness (QED) is 0.578.